The second-order valence-corrected chi connectivity index (χ2v) is 4.96. The maximum atomic E-state index is 11.7. The second kappa shape index (κ2) is 5.41. The molecule has 0 saturated heterocycles. The van der Waals surface area contributed by atoms with Gasteiger partial charge in [0.05, 0.1) is 16.9 Å². The first-order valence-electron chi connectivity index (χ1n) is 4.62. The molecule has 0 spiro atoms. The largest absolute Gasteiger partial charge is 0.466 e. The lowest BCUT2D eigenvalue weighted by Crippen LogP contribution is -2.00. The van der Waals surface area contributed by atoms with Gasteiger partial charge < -0.3 is 4.74 Å². The lowest BCUT2D eigenvalue weighted by molar-refractivity contribution is -0.384. The number of non-ortho nitro benzene ring substituents is 1. The van der Waals surface area contributed by atoms with E-state index < -0.39 is 20.7 Å². The first kappa shape index (κ1) is 13.8. The highest BCUT2D eigenvalue weighted by Crippen LogP contribution is 2.17. The van der Waals surface area contributed by atoms with Crippen LogP contribution in [0.1, 0.15) is 0 Å². The molecule has 0 fully saturated rings. The van der Waals surface area contributed by atoms with Gasteiger partial charge in [-0.2, -0.15) is 0 Å². The van der Waals surface area contributed by atoms with Crippen molar-refractivity contribution < 1.29 is 22.9 Å². The Hall–Kier alpha value is -2.22. The summed E-state index contributed by atoms with van der Waals surface area (Å²) in [5.41, 5.74) is -0.217. The van der Waals surface area contributed by atoms with Crippen LogP contribution >= 0.6 is 0 Å². The molecule has 0 aliphatic heterocycles. The van der Waals surface area contributed by atoms with E-state index in [4.69, 9.17) is 0 Å². The lowest BCUT2D eigenvalue weighted by Gasteiger charge is -1.98. The van der Waals surface area contributed by atoms with Crippen LogP contribution in [-0.2, 0) is 19.4 Å². The Balaban J connectivity index is 3.03. The third kappa shape index (κ3) is 3.39. The summed E-state index contributed by atoms with van der Waals surface area (Å²) in [6.45, 7) is 0. The average Bonchev–Trinajstić information content (AvgIpc) is 2.36. The Kier molecular flexibility index (Phi) is 4.16. The van der Waals surface area contributed by atoms with E-state index in [1.165, 1.54) is 0 Å². The molecular formula is C10H9NO6S. The average molecular weight is 271 g/mol. The number of nitrogens with zero attached hydrogens (tertiary/aromatic N) is 1. The fraction of sp³-hybridized carbons (Fsp3) is 0.100. The highest BCUT2D eigenvalue weighted by Gasteiger charge is 2.13. The zero-order valence-corrected chi connectivity index (χ0v) is 10.1. The minimum Gasteiger partial charge on any atom is -0.466 e. The van der Waals surface area contributed by atoms with E-state index in [9.17, 15) is 23.3 Å². The number of nitro benzene ring substituents is 1. The topological polar surface area (TPSA) is 104 Å². The third-order valence-corrected chi connectivity index (χ3v) is 3.38. The predicted molar refractivity (Wildman–Crippen MR) is 61.4 cm³/mol. The molecule has 0 heterocycles. The molecule has 7 nitrogen and oxygen atoms in total. The summed E-state index contributed by atoms with van der Waals surface area (Å²) in [5, 5.41) is 11.1. The number of hydrogen-bond acceptors (Lipinski definition) is 6. The van der Waals surface area contributed by atoms with Crippen molar-refractivity contribution in [3.05, 3.63) is 45.9 Å². The molecular weight excluding hydrogens is 262 g/mol. The Bertz CT molecular complexity index is 587. The first-order valence-corrected chi connectivity index (χ1v) is 6.17. The summed E-state index contributed by atoms with van der Waals surface area (Å²) in [6, 6.07) is 4.32. The Morgan fingerprint density at radius 1 is 1.33 bits per heavy atom. The summed E-state index contributed by atoms with van der Waals surface area (Å²) in [5.74, 6) is -0.805. The number of sulfone groups is 1. The van der Waals surface area contributed by atoms with Crippen LogP contribution in [0.4, 0.5) is 5.69 Å². The zero-order chi connectivity index (χ0) is 13.8. The molecule has 0 aromatic heterocycles. The zero-order valence-electron chi connectivity index (χ0n) is 9.27. The third-order valence-electron chi connectivity index (χ3n) is 1.96. The molecule has 18 heavy (non-hydrogen) atoms. The van der Waals surface area contributed by atoms with Gasteiger partial charge in [-0.1, -0.05) is 0 Å². The van der Waals surface area contributed by atoms with Gasteiger partial charge in [0.2, 0.25) is 0 Å². The van der Waals surface area contributed by atoms with Gasteiger partial charge in [-0.25, -0.2) is 13.2 Å². The van der Waals surface area contributed by atoms with Gasteiger partial charge in [-0.05, 0) is 12.1 Å². The van der Waals surface area contributed by atoms with Crippen LogP contribution in [0.3, 0.4) is 0 Å². The van der Waals surface area contributed by atoms with E-state index in [1.54, 1.807) is 0 Å². The normalized spacial score (nSPS) is 11.4. The van der Waals surface area contributed by atoms with E-state index in [0.717, 1.165) is 37.5 Å². The van der Waals surface area contributed by atoms with Crippen LogP contribution in [0.25, 0.3) is 0 Å². The number of nitro groups is 1. The first-order chi connectivity index (χ1) is 8.36. The quantitative estimate of drug-likeness (QED) is 0.351. The van der Waals surface area contributed by atoms with Crippen molar-refractivity contribution in [2.45, 2.75) is 4.90 Å². The smallest absolute Gasteiger partial charge is 0.331 e. The van der Waals surface area contributed by atoms with Crippen molar-refractivity contribution in [1.82, 2.24) is 0 Å². The van der Waals surface area contributed by atoms with Gasteiger partial charge in [0.1, 0.15) is 0 Å². The molecule has 0 atom stereocenters. The van der Waals surface area contributed by atoms with Crippen LogP contribution in [0.15, 0.2) is 40.6 Å². The molecule has 0 amide bonds. The van der Waals surface area contributed by atoms with Gasteiger partial charge in [-0.15, -0.1) is 0 Å². The molecule has 0 aliphatic rings. The van der Waals surface area contributed by atoms with Crippen LogP contribution in [0, 0.1) is 10.1 Å². The second-order valence-electron chi connectivity index (χ2n) is 3.12. The van der Waals surface area contributed by atoms with Gasteiger partial charge >= 0.3 is 5.97 Å². The van der Waals surface area contributed by atoms with Gasteiger partial charge in [-0.3, -0.25) is 10.1 Å². The Morgan fingerprint density at radius 2 is 1.89 bits per heavy atom. The summed E-state index contributed by atoms with van der Waals surface area (Å²) >= 11 is 0. The molecule has 0 N–H and O–H groups in total. The predicted octanol–water partition coefficient (Wildman–Crippen LogP) is 1.06. The monoisotopic (exact) mass is 271 g/mol. The van der Waals surface area contributed by atoms with Crippen molar-refractivity contribution in [2.24, 2.45) is 0 Å². The van der Waals surface area contributed by atoms with Crippen LogP contribution in [0.5, 0.6) is 0 Å². The van der Waals surface area contributed by atoms with Gasteiger partial charge in [0.25, 0.3) is 5.69 Å². The Labute approximate surface area is 103 Å². The molecule has 1 aromatic carbocycles. The van der Waals surface area contributed by atoms with Gasteiger partial charge in [0, 0.05) is 23.6 Å². The molecule has 1 rings (SSSR count). The number of ether oxygens (including phenoxy) is 1. The molecule has 0 unspecified atom stereocenters. The number of hydrogen-bond donors (Lipinski definition) is 0. The molecule has 0 bridgehead atoms. The minimum atomic E-state index is -3.81. The van der Waals surface area contributed by atoms with E-state index in [2.05, 4.69) is 4.74 Å². The molecule has 0 saturated carbocycles. The van der Waals surface area contributed by atoms with Crippen molar-refractivity contribution in [3.63, 3.8) is 0 Å². The van der Waals surface area contributed by atoms with Crippen LogP contribution < -0.4 is 0 Å². The summed E-state index contributed by atoms with van der Waals surface area (Å²) < 4.78 is 27.6. The maximum absolute atomic E-state index is 11.7. The Morgan fingerprint density at radius 3 is 2.33 bits per heavy atom. The van der Waals surface area contributed by atoms with Crippen molar-refractivity contribution in [2.75, 3.05) is 7.11 Å². The fourth-order valence-electron chi connectivity index (χ4n) is 1.05. The van der Waals surface area contributed by atoms with E-state index in [0.29, 0.717) is 5.41 Å². The molecule has 96 valence electrons. The number of rotatable bonds is 4. The number of carbonyl (C=O) groups excluding carboxylic acids is 1. The highest BCUT2D eigenvalue weighted by molar-refractivity contribution is 7.94. The van der Waals surface area contributed by atoms with Crippen molar-refractivity contribution in [1.29, 1.82) is 0 Å². The van der Waals surface area contributed by atoms with Crippen molar-refractivity contribution >= 4 is 21.5 Å². The number of methoxy groups -OCH3 is 1. The molecule has 0 radical (unpaired) electrons. The number of benzene rings is 1. The van der Waals surface area contributed by atoms with Gasteiger partial charge in [0.15, 0.2) is 9.84 Å². The lowest BCUT2D eigenvalue weighted by atomic mass is 10.3. The summed E-state index contributed by atoms with van der Waals surface area (Å²) in [4.78, 5) is 20.4. The summed E-state index contributed by atoms with van der Waals surface area (Å²) in [7, 11) is -2.70. The number of carbonyl (C=O) groups is 1. The van der Waals surface area contributed by atoms with E-state index >= 15 is 0 Å². The van der Waals surface area contributed by atoms with Crippen LogP contribution in [-0.4, -0.2) is 26.4 Å². The van der Waals surface area contributed by atoms with E-state index in [-0.39, 0.29) is 10.6 Å². The SMILES string of the molecule is COC(=O)/C=C\S(=O)(=O)c1ccc([N+](=O)[O-])cc1. The number of esters is 1. The molecule has 0 aliphatic carbocycles. The maximum Gasteiger partial charge on any atom is 0.331 e. The van der Waals surface area contributed by atoms with E-state index in [1.807, 2.05) is 0 Å². The standard InChI is InChI=1S/C10H9NO6S/c1-17-10(12)6-7-18(15,16)9-4-2-8(3-5-9)11(13)14/h2-7H,1H3/b7-6-. The molecule has 1 aromatic rings. The van der Waals surface area contributed by atoms with Crippen LogP contribution in [0.2, 0.25) is 0 Å². The molecule has 8 heteroatoms. The van der Waals surface area contributed by atoms with Crippen molar-refractivity contribution in [3.8, 4) is 0 Å². The highest BCUT2D eigenvalue weighted by atomic mass is 32.2. The summed E-state index contributed by atoms with van der Waals surface area (Å²) in [6.07, 6.45) is 0.761. The minimum absolute atomic E-state index is 0.145. The fourth-order valence-corrected chi connectivity index (χ4v) is 2.01.